The van der Waals surface area contributed by atoms with Gasteiger partial charge in [-0.05, 0) is 13.8 Å². The third-order valence-corrected chi connectivity index (χ3v) is 2.53. The second kappa shape index (κ2) is 6.53. The molecule has 0 aromatic heterocycles. The fraction of sp³-hybridized carbons (Fsp3) is 0.750. The lowest BCUT2D eigenvalue weighted by molar-refractivity contribution is -0.136. The minimum absolute atomic E-state index is 0.0129. The maximum absolute atomic E-state index is 11.1. The fourth-order valence-corrected chi connectivity index (χ4v) is 1.71. The smallest absolute Gasteiger partial charge is 0.304 e. The van der Waals surface area contributed by atoms with Crippen molar-refractivity contribution in [3.8, 4) is 0 Å². The van der Waals surface area contributed by atoms with Crippen LogP contribution >= 0.6 is 0 Å². The maximum Gasteiger partial charge on any atom is 0.304 e. The summed E-state index contributed by atoms with van der Waals surface area (Å²) < 4.78 is 11.1. The molecule has 0 radical (unpaired) electrons. The Kier molecular flexibility index (Phi) is 6.11. The van der Waals surface area contributed by atoms with Gasteiger partial charge in [-0.15, -0.1) is 0 Å². The number of hydrogen-bond donors (Lipinski definition) is 2. The van der Waals surface area contributed by atoms with Crippen LogP contribution in [-0.4, -0.2) is 38.7 Å². The van der Waals surface area contributed by atoms with Gasteiger partial charge in [0.1, 0.15) is 5.75 Å². The number of carboxylic acid groups (broad SMARTS) is 1. The van der Waals surface area contributed by atoms with Crippen LogP contribution in [-0.2, 0) is 20.4 Å². The predicted octanol–water partition coefficient (Wildman–Crippen LogP) is -0.266. The second-order valence-corrected chi connectivity index (χ2v) is 4.73. The van der Waals surface area contributed by atoms with E-state index >= 15 is 0 Å². The van der Waals surface area contributed by atoms with Gasteiger partial charge in [-0.3, -0.25) is 13.8 Å². The standard InChI is InChI=1S/C8H15NO4S/c1-6(2)9-7(10)5-14(13)4-3-8(11)12/h6H,3-5H2,1-2H3,(H,9,10)(H,11,12). The van der Waals surface area contributed by atoms with Gasteiger partial charge in [0.15, 0.2) is 0 Å². The largest absolute Gasteiger partial charge is 0.481 e. The topological polar surface area (TPSA) is 83.5 Å². The van der Waals surface area contributed by atoms with Gasteiger partial charge in [0.05, 0.1) is 6.42 Å². The van der Waals surface area contributed by atoms with Gasteiger partial charge in [-0.1, -0.05) is 0 Å². The van der Waals surface area contributed by atoms with Gasteiger partial charge < -0.3 is 10.4 Å². The van der Waals surface area contributed by atoms with E-state index in [0.29, 0.717) is 0 Å². The normalized spacial score (nSPS) is 12.5. The van der Waals surface area contributed by atoms with Crippen molar-refractivity contribution in [2.75, 3.05) is 11.5 Å². The van der Waals surface area contributed by atoms with Crippen LogP contribution in [0.1, 0.15) is 20.3 Å². The zero-order valence-corrected chi connectivity index (χ0v) is 9.10. The number of amides is 1. The summed E-state index contributed by atoms with van der Waals surface area (Å²) >= 11 is 0. The van der Waals surface area contributed by atoms with Gasteiger partial charge in [0.2, 0.25) is 5.91 Å². The summed E-state index contributed by atoms with van der Waals surface area (Å²) in [5, 5.41) is 10.9. The molecule has 2 N–H and O–H groups in total. The monoisotopic (exact) mass is 221 g/mol. The highest BCUT2D eigenvalue weighted by atomic mass is 32.2. The summed E-state index contributed by atoms with van der Waals surface area (Å²) in [6, 6.07) is 0.0129. The van der Waals surface area contributed by atoms with Crippen LogP contribution in [0.3, 0.4) is 0 Å². The van der Waals surface area contributed by atoms with Crippen LogP contribution < -0.4 is 5.32 Å². The Morgan fingerprint density at radius 3 is 2.43 bits per heavy atom. The molecule has 0 aromatic rings. The molecule has 1 unspecified atom stereocenters. The van der Waals surface area contributed by atoms with Crippen LogP contribution in [0.15, 0.2) is 0 Å². The molecule has 0 saturated carbocycles. The third kappa shape index (κ3) is 7.72. The van der Waals surface area contributed by atoms with Crippen molar-refractivity contribution in [2.45, 2.75) is 26.3 Å². The summed E-state index contributed by atoms with van der Waals surface area (Å²) in [5.41, 5.74) is 0. The number of carbonyl (C=O) groups is 2. The van der Waals surface area contributed by atoms with Gasteiger partial charge >= 0.3 is 5.97 Å². The van der Waals surface area contributed by atoms with Gasteiger partial charge in [-0.2, -0.15) is 0 Å². The Morgan fingerprint density at radius 1 is 1.43 bits per heavy atom. The molecule has 0 aromatic carbocycles. The molecule has 0 fully saturated rings. The summed E-state index contributed by atoms with van der Waals surface area (Å²) in [5.74, 6) is -1.39. The zero-order valence-electron chi connectivity index (χ0n) is 8.28. The number of rotatable bonds is 6. The van der Waals surface area contributed by atoms with Crippen molar-refractivity contribution in [3.63, 3.8) is 0 Å². The molecule has 82 valence electrons. The molecule has 0 bridgehead atoms. The lowest BCUT2D eigenvalue weighted by atomic mass is 10.4. The van der Waals surface area contributed by atoms with Gasteiger partial charge in [-0.25, -0.2) is 0 Å². The van der Waals surface area contributed by atoms with E-state index in [2.05, 4.69) is 5.32 Å². The number of aliphatic carboxylic acids is 1. The first kappa shape index (κ1) is 13.1. The molecule has 0 rings (SSSR count). The number of carboxylic acids is 1. The van der Waals surface area contributed by atoms with Crippen molar-refractivity contribution in [1.82, 2.24) is 5.32 Å². The van der Waals surface area contributed by atoms with E-state index < -0.39 is 16.8 Å². The van der Waals surface area contributed by atoms with Crippen molar-refractivity contribution in [2.24, 2.45) is 0 Å². The Hall–Kier alpha value is -0.910. The van der Waals surface area contributed by atoms with E-state index in [0.717, 1.165) is 0 Å². The molecule has 1 amide bonds. The molecule has 0 aliphatic carbocycles. The Labute approximate surface area is 85.3 Å². The van der Waals surface area contributed by atoms with Crippen LogP contribution in [0.5, 0.6) is 0 Å². The first-order valence-corrected chi connectivity index (χ1v) is 5.76. The Balaban J connectivity index is 3.72. The van der Waals surface area contributed by atoms with Gasteiger partial charge in [0.25, 0.3) is 0 Å². The molecule has 0 spiro atoms. The minimum atomic E-state index is -1.38. The van der Waals surface area contributed by atoms with Crippen LogP contribution in [0, 0.1) is 0 Å². The van der Waals surface area contributed by atoms with Crippen molar-refractivity contribution in [3.05, 3.63) is 0 Å². The highest BCUT2D eigenvalue weighted by Gasteiger charge is 2.10. The molecule has 5 nitrogen and oxygen atoms in total. The Morgan fingerprint density at radius 2 is 2.00 bits per heavy atom. The third-order valence-electron chi connectivity index (χ3n) is 1.29. The quantitative estimate of drug-likeness (QED) is 0.647. The van der Waals surface area contributed by atoms with E-state index in [1.807, 2.05) is 0 Å². The molecule has 0 heterocycles. The highest BCUT2D eigenvalue weighted by Crippen LogP contribution is 1.89. The van der Waals surface area contributed by atoms with E-state index in [9.17, 15) is 13.8 Å². The average molecular weight is 221 g/mol. The average Bonchev–Trinajstić information content (AvgIpc) is 1.98. The van der Waals surface area contributed by atoms with E-state index in [1.165, 1.54) is 0 Å². The minimum Gasteiger partial charge on any atom is -0.481 e. The maximum atomic E-state index is 11.1. The molecule has 1 atom stereocenters. The van der Waals surface area contributed by atoms with Gasteiger partial charge in [0, 0.05) is 22.6 Å². The molecule has 0 saturated heterocycles. The van der Waals surface area contributed by atoms with Crippen molar-refractivity contribution in [1.29, 1.82) is 0 Å². The van der Waals surface area contributed by atoms with Crippen molar-refractivity contribution < 1.29 is 18.9 Å². The first-order valence-electron chi connectivity index (χ1n) is 4.28. The lowest BCUT2D eigenvalue weighted by Gasteiger charge is -2.07. The van der Waals surface area contributed by atoms with Crippen LogP contribution in [0.25, 0.3) is 0 Å². The summed E-state index contributed by atoms with van der Waals surface area (Å²) in [6.07, 6.45) is -0.165. The summed E-state index contributed by atoms with van der Waals surface area (Å²) in [4.78, 5) is 21.2. The molecule has 0 aliphatic rings. The number of hydrogen-bond acceptors (Lipinski definition) is 3. The van der Waals surface area contributed by atoms with E-state index in [1.54, 1.807) is 13.8 Å². The summed E-state index contributed by atoms with van der Waals surface area (Å²) in [6.45, 7) is 3.61. The van der Waals surface area contributed by atoms with Crippen LogP contribution in [0.2, 0.25) is 0 Å². The van der Waals surface area contributed by atoms with Crippen LogP contribution in [0.4, 0.5) is 0 Å². The molecular formula is C8H15NO4S. The lowest BCUT2D eigenvalue weighted by Crippen LogP contribution is -2.34. The Bertz CT molecular complexity index is 239. The summed E-state index contributed by atoms with van der Waals surface area (Å²) in [7, 11) is -1.38. The number of nitrogens with one attached hydrogen (secondary N) is 1. The van der Waals surface area contributed by atoms with E-state index in [-0.39, 0.29) is 29.9 Å². The zero-order chi connectivity index (χ0) is 11.1. The molecule has 0 aliphatic heterocycles. The SMILES string of the molecule is CC(C)NC(=O)CS(=O)CCC(=O)O. The predicted molar refractivity (Wildman–Crippen MR) is 53.4 cm³/mol. The molecule has 14 heavy (non-hydrogen) atoms. The highest BCUT2D eigenvalue weighted by molar-refractivity contribution is 7.85. The van der Waals surface area contributed by atoms with E-state index in [4.69, 9.17) is 5.11 Å². The molecular weight excluding hydrogens is 206 g/mol. The second-order valence-electron chi connectivity index (χ2n) is 3.15. The molecule has 6 heteroatoms. The fourth-order valence-electron chi connectivity index (χ4n) is 0.783. The number of carbonyl (C=O) groups excluding carboxylic acids is 1. The first-order chi connectivity index (χ1) is 6.41. The van der Waals surface area contributed by atoms with Crippen molar-refractivity contribution >= 4 is 22.7 Å².